The normalized spacial score (nSPS) is 11.0. The van der Waals surface area contributed by atoms with Gasteiger partial charge in [-0.1, -0.05) is 60.7 Å². The van der Waals surface area contributed by atoms with Crippen molar-refractivity contribution in [2.45, 2.75) is 13.1 Å². The summed E-state index contributed by atoms with van der Waals surface area (Å²) in [6.45, 7) is 0.970. The van der Waals surface area contributed by atoms with Crippen molar-refractivity contribution in [2.75, 3.05) is 18.2 Å². The number of anilines is 2. The molecule has 0 saturated heterocycles. The molecule has 0 aliphatic rings. The van der Waals surface area contributed by atoms with Gasteiger partial charge in [0.15, 0.2) is 5.65 Å². The molecule has 34 heavy (non-hydrogen) atoms. The minimum Gasteiger partial charge on any atom is -0.497 e. The number of ether oxygens (including phenoxy) is 1. The van der Waals surface area contributed by atoms with Crippen molar-refractivity contribution in [2.24, 2.45) is 0 Å². The zero-order valence-corrected chi connectivity index (χ0v) is 18.6. The second-order valence-electron chi connectivity index (χ2n) is 7.81. The maximum Gasteiger partial charge on any atom is 0.225 e. The molecule has 2 aromatic heterocycles. The van der Waals surface area contributed by atoms with Gasteiger partial charge in [-0.25, -0.2) is 14.1 Å². The van der Waals surface area contributed by atoms with Crippen LogP contribution in [0.4, 0.5) is 16.2 Å². The summed E-state index contributed by atoms with van der Waals surface area (Å²) < 4.78 is 21.9. The predicted octanol–water partition coefficient (Wildman–Crippen LogP) is 4.88. The van der Waals surface area contributed by atoms with E-state index < -0.39 is 5.82 Å². The third kappa shape index (κ3) is 4.25. The Morgan fingerprint density at radius 3 is 2.32 bits per heavy atom. The molecule has 3 N–H and O–H groups in total. The topological polar surface area (TPSA) is 90.9 Å². The predicted molar refractivity (Wildman–Crippen MR) is 131 cm³/mol. The number of hydrogen-bond acceptors (Lipinski definition) is 6. The molecule has 0 bridgehead atoms. The Hall–Kier alpha value is -4.46. The summed E-state index contributed by atoms with van der Waals surface area (Å²) >= 11 is 0. The molecule has 0 fully saturated rings. The van der Waals surface area contributed by atoms with Crippen LogP contribution in [0.1, 0.15) is 11.1 Å². The summed E-state index contributed by atoms with van der Waals surface area (Å²) in [5, 5.41) is 8.36. The van der Waals surface area contributed by atoms with E-state index in [9.17, 15) is 0 Å². The maximum atomic E-state index is 15.1. The molecule has 0 aliphatic heterocycles. The van der Waals surface area contributed by atoms with Crippen LogP contribution < -0.4 is 15.8 Å². The van der Waals surface area contributed by atoms with Crippen molar-refractivity contribution in [1.82, 2.24) is 19.7 Å². The van der Waals surface area contributed by atoms with E-state index in [1.807, 2.05) is 60.7 Å². The van der Waals surface area contributed by atoms with Gasteiger partial charge in [0.2, 0.25) is 5.95 Å². The Labute approximate surface area is 196 Å². The zero-order chi connectivity index (χ0) is 23.5. The molecule has 0 radical (unpaired) electrons. The van der Waals surface area contributed by atoms with Crippen molar-refractivity contribution >= 4 is 22.8 Å². The van der Waals surface area contributed by atoms with Crippen LogP contribution >= 0.6 is 0 Å². The highest BCUT2D eigenvalue weighted by molar-refractivity contribution is 5.99. The molecule has 170 valence electrons. The first kappa shape index (κ1) is 21.4. The molecule has 5 aromatic rings. The molecule has 2 heterocycles. The summed E-state index contributed by atoms with van der Waals surface area (Å²) in [4.78, 5) is 9.23. The van der Waals surface area contributed by atoms with Gasteiger partial charge >= 0.3 is 0 Å². The fraction of sp³-hybridized carbons (Fsp3) is 0.115. The molecule has 0 amide bonds. The average Bonchev–Trinajstić information content (AvgIpc) is 3.18. The van der Waals surface area contributed by atoms with Gasteiger partial charge in [-0.3, -0.25) is 0 Å². The third-order valence-electron chi connectivity index (χ3n) is 5.54. The van der Waals surface area contributed by atoms with Gasteiger partial charge in [0.1, 0.15) is 17.4 Å². The molecule has 0 saturated carbocycles. The van der Waals surface area contributed by atoms with Crippen LogP contribution in [-0.4, -0.2) is 26.9 Å². The summed E-state index contributed by atoms with van der Waals surface area (Å²) in [5.41, 5.74) is 9.66. The Morgan fingerprint density at radius 2 is 1.65 bits per heavy atom. The number of halogens is 1. The smallest absolute Gasteiger partial charge is 0.225 e. The number of fused-ring (bicyclic) bond motifs is 1. The molecule has 8 heteroatoms. The summed E-state index contributed by atoms with van der Waals surface area (Å²) in [6.07, 6.45) is 0. The van der Waals surface area contributed by atoms with E-state index >= 15 is 4.39 Å². The lowest BCUT2D eigenvalue weighted by Crippen LogP contribution is -2.06. The first-order chi connectivity index (χ1) is 16.6. The standard InChI is InChI=1S/C26H23FN6O/c1-34-19-12-13-20(21(27)14-19)23-22-24(28)33(16-18-10-6-3-7-11-18)32-25(22)31-26(30-23)29-15-17-8-4-2-5-9-17/h2-14H,15-16,28H2,1H3,(H,29,31,32). The van der Waals surface area contributed by atoms with Crippen molar-refractivity contribution in [1.29, 1.82) is 0 Å². The van der Waals surface area contributed by atoms with E-state index in [-0.39, 0.29) is 0 Å². The van der Waals surface area contributed by atoms with E-state index in [1.165, 1.54) is 13.2 Å². The van der Waals surface area contributed by atoms with Gasteiger partial charge in [0.25, 0.3) is 0 Å². The maximum absolute atomic E-state index is 15.1. The minimum absolute atomic E-state index is 0.293. The number of methoxy groups -OCH3 is 1. The Bertz CT molecular complexity index is 1440. The van der Waals surface area contributed by atoms with Crippen LogP contribution in [0.3, 0.4) is 0 Å². The van der Waals surface area contributed by atoms with Crippen LogP contribution in [-0.2, 0) is 13.1 Å². The zero-order valence-electron chi connectivity index (χ0n) is 18.6. The highest BCUT2D eigenvalue weighted by Crippen LogP contribution is 2.34. The monoisotopic (exact) mass is 454 g/mol. The number of nitrogen functional groups attached to an aromatic ring is 1. The van der Waals surface area contributed by atoms with Crippen LogP contribution in [0.2, 0.25) is 0 Å². The lowest BCUT2D eigenvalue weighted by atomic mass is 10.1. The number of rotatable bonds is 7. The van der Waals surface area contributed by atoms with Gasteiger partial charge in [0.05, 0.1) is 24.7 Å². The second kappa shape index (κ2) is 9.19. The van der Waals surface area contributed by atoms with Gasteiger partial charge in [-0.05, 0) is 23.3 Å². The molecule has 5 rings (SSSR count). The van der Waals surface area contributed by atoms with Crippen molar-refractivity contribution < 1.29 is 9.13 Å². The minimum atomic E-state index is -0.469. The number of nitrogens with zero attached hydrogens (tertiary/aromatic N) is 4. The molecule has 0 unspecified atom stereocenters. The van der Waals surface area contributed by atoms with Gasteiger partial charge in [-0.2, -0.15) is 4.98 Å². The lowest BCUT2D eigenvalue weighted by molar-refractivity contribution is 0.411. The van der Waals surface area contributed by atoms with Gasteiger partial charge < -0.3 is 15.8 Å². The Morgan fingerprint density at radius 1 is 0.941 bits per heavy atom. The molecule has 0 spiro atoms. The Kier molecular flexibility index (Phi) is 5.78. The number of nitrogens with one attached hydrogen (secondary N) is 1. The quantitative estimate of drug-likeness (QED) is 0.364. The van der Waals surface area contributed by atoms with E-state index in [4.69, 9.17) is 10.5 Å². The van der Waals surface area contributed by atoms with E-state index in [0.29, 0.717) is 52.9 Å². The summed E-state index contributed by atoms with van der Waals surface area (Å²) in [5.74, 6) is 0.662. The van der Waals surface area contributed by atoms with Crippen molar-refractivity contribution in [3.63, 3.8) is 0 Å². The van der Waals surface area contributed by atoms with Crippen LogP contribution in [0.25, 0.3) is 22.3 Å². The molecule has 0 aliphatic carbocycles. The van der Waals surface area contributed by atoms with Crippen LogP contribution in [0.15, 0.2) is 78.9 Å². The Balaban J connectivity index is 1.61. The van der Waals surface area contributed by atoms with E-state index in [1.54, 1.807) is 16.8 Å². The highest BCUT2D eigenvalue weighted by atomic mass is 19.1. The first-order valence-electron chi connectivity index (χ1n) is 10.8. The molecule has 3 aromatic carbocycles. The lowest BCUT2D eigenvalue weighted by Gasteiger charge is -2.10. The first-order valence-corrected chi connectivity index (χ1v) is 10.8. The van der Waals surface area contributed by atoms with Crippen LogP contribution in [0, 0.1) is 5.82 Å². The number of aromatic nitrogens is 4. The van der Waals surface area contributed by atoms with Crippen LogP contribution in [0.5, 0.6) is 5.75 Å². The number of hydrogen-bond donors (Lipinski definition) is 2. The van der Waals surface area contributed by atoms with E-state index in [2.05, 4.69) is 20.4 Å². The largest absolute Gasteiger partial charge is 0.497 e. The molecular weight excluding hydrogens is 431 g/mol. The van der Waals surface area contributed by atoms with E-state index in [0.717, 1.165) is 11.1 Å². The van der Waals surface area contributed by atoms with Gasteiger partial charge in [0, 0.05) is 18.2 Å². The molecule has 7 nitrogen and oxygen atoms in total. The van der Waals surface area contributed by atoms with Crippen molar-refractivity contribution in [3.05, 3.63) is 95.8 Å². The number of nitrogens with two attached hydrogens (primary N) is 1. The SMILES string of the molecule is COc1ccc(-c2nc(NCc3ccccc3)nc3nn(Cc4ccccc4)c(N)c23)c(F)c1. The summed E-state index contributed by atoms with van der Waals surface area (Å²) in [6, 6.07) is 24.4. The fourth-order valence-corrected chi connectivity index (χ4v) is 3.80. The fourth-order valence-electron chi connectivity index (χ4n) is 3.80. The van der Waals surface area contributed by atoms with Crippen molar-refractivity contribution in [3.8, 4) is 17.0 Å². The van der Waals surface area contributed by atoms with Gasteiger partial charge in [-0.15, -0.1) is 5.10 Å². The average molecular weight is 455 g/mol. The highest BCUT2D eigenvalue weighted by Gasteiger charge is 2.21. The molecule has 0 atom stereocenters. The second-order valence-corrected chi connectivity index (χ2v) is 7.81. The third-order valence-corrected chi connectivity index (χ3v) is 5.54. The summed E-state index contributed by atoms with van der Waals surface area (Å²) in [7, 11) is 1.49. The molecular formula is C26H23FN6O. The number of benzene rings is 3.